The molecule has 0 heterocycles. The molecule has 0 aliphatic rings. The number of rotatable bonds is 1. The summed E-state index contributed by atoms with van der Waals surface area (Å²) in [4.78, 5) is 9.24. The van der Waals surface area contributed by atoms with Gasteiger partial charge in [-0.15, -0.1) is 0 Å². The minimum absolute atomic E-state index is 0. The van der Waals surface area contributed by atoms with Gasteiger partial charge in [0.1, 0.15) is 0 Å². The second kappa shape index (κ2) is 9.38. The molecule has 0 amide bonds. The van der Waals surface area contributed by atoms with Crippen LogP contribution in [0.2, 0.25) is 0 Å². The van der Waals surface area contributed by atoms with E-state index in [4.69, 9.17) is 5.11 Å². The predicted molar refractivity (Wildman–Crippen MR) is 17.4 cm³/mol. The Balaban J connectivity index is -0.0000000800. The van der Waals surface area contributed by atoms with Gasteiger partial charge in [-0.25, -0.2) is 0 Å². The van der Waals surface area contributed by atoms with Gasteiger partial charge in [0.15, 0.2) is 0 Å². The van der Waals surface area contributed by atoms with Crippen LogP contribution in [0.15, 0.2) is 0 Å². The summed E-state index contributed by atoms with van der Waals surface area (Å²) < 4.78 is 0. The second-order valence-corrected chi connectivity index (χ2v) is 0.598. The van der Waals surface area contributed by atoms with Crippen molar-refractivity contribution in [3.05, 3.63) is 0 Å². The fourth-order valence-electron chi connectivity index (χ4n) is 0. The summed E-state index contributed by atoms with van der Waals surface area (Å²) in [7, 11) is 0. The molecule has 4 nitrogen and oxygen atoms in total. The average Bonchev–Trinajstić information content (AvgIpc) is 1.38. The number of carboxylic acids is 1. The van der Waals surface area contributed by atoms with Gasteiger partial charge in [0.25, 0.3) is 0 Å². The van der Waals surface area contributed by atoms with Gasteiger partial charge in [-0.2, -0.15) is 0 Å². The Kier molecular flexibility index (Phi) is 21.1. The first-order chi connectivity index (χ1) is 2.27. The van der Waals surface area contributed by atoms with Crippen LogP contribution in [0, 0.1) is 0 Å². The Morgan fingerprint density at radius 1 is 1.71 bits per heavy atom. The van der Waals surface area contributed by atoms with E-state index < -0.39 is 5.97 Å². The summed E-state index contributed by atoms with van der Waals surface area (Å²) in [6.07, 6.45) is 0. The van der Waals surface area contributed by atoms with Crippen molar-refractivity contribution >= 4 is 5.97 Å². The number of hydrogen-bond acceptors (Lipinski definition) is 2. The summed E-state index contributed by atoms with van der Waals surface area (Å²) in [6, 6.07) is 0. The molecule has 0 aromatic carbocycles. The molecule has 0 fully saturated rings. The topological polar surface area (TPSA) is 91.8 Å². The van der Waals surface area contributed by atoms with E-state index in [-0.39, 0.29) is 31.5 Å². The number of carbonyl (C=O) groups is 1. The summed E-state index contributed by atoms with van der Waals surface area (Å²) in [6.45, 7) is -0.278. The molecule has 0 saturated heterocycles. The van der Waals surface area contributed by atoms with Crippen molar-refractivity contribution in [1.29, 1.82) is 0 Å². The van der Waals surface area contributed by atoms with Crippen molar-refractivity contribution < 1.29 is 34.9 Å². The molecule has 0 rings (SSSR count). The van der Waals surface area contributed by atoms with Crippen molar-refractivity contribution in [3.8, 4) is 0 Å². The quantitative estimate of drug-likeness (QED) is 0.473. The molecule has 0 spiro atoms. The number of aliphatic carboxylic acids is 1. The Morgan fingerprint density at radius 3 is 1.86 bits per heavy atom. The summed E-state index contributed by atoms with van der Waals surface area (Å²) in [5.41, 5.74) is 4.57. The van der Waals surface area contributed by atoms with Crippen LogP contribution in [-0.4, -0.2) is 17.6 Å². The molecule has 3 N–H and O–H groups in total. The molecule has 0 aromatic heterocycles. The number of carboxylic acid groups (broad SMARTS) is 1. The maximum absolute atomic E-state index is 9.24. The third kappa shape index (κ3) is 23.9. The van der Waals surface area contributed by atoms with Crippen molar-refractivity contribution in [2.24, 2.45) is 5.73 Å². The van der Waals surface area contributed by atoms with Crippen LogP contribution >= 0.6 is 0 Å². The van der Waals surface area contributed by atoms with Gasteiger partial charge in [0.2, 0.25) is 0 Å². The van der Waals surface area contributed by atoms with E-state index in [0.29, 0.717) is 0 Å². The molecule has 0 bridgehead atoms. The molecule has 38 valence electrons. The normalized spacial score (nSPS) is 5.29. The Hall–Kier alpha value is 0.0134. The fourth-order valence-corrected chi connectivity index (χ4v) is 0. The predicted octanol–water partition coefficient (Wildman–Crippen LogP) is -1.09. The molecule has 7 heavy (non-hydrogen) atoms. The third-order valence-corrected chi connectivity index (χ3v) is 0.175. The zero-order chi connectivity index (χ0) is 4.28. The van der Waals surface area contributed by atoms with Crippen molar-refractivity contribution in [2.45, 2.75) is 0 Å². The van der Waals surface area contributed by atoms with Gasteiger partial charge in [0, 0.05) is 0 Å². The van der Waals surface area contributed by atoms with E-state index in [9.17, 15) is 4.79 Å². The minimum atomic E-state index is -0.968. The molecular formula is C2H5NO3Zn. The van der Waals surface area contributed by atoms with Gasteiger partial charge in [-0.05, 0) is 0 Å². The molecule has 0 saturated carbocycles. The standard InChI is InChI=1S/C2H5NO2.O.Zn/c3-1-2(4)5;;/h1,3H2,(H,4,5);;/q;-2;+2. The first-order valence-electron chi connectivity index (χ1n) is 1.19. The van der Waals surface area contributed by atoms with Crippen molar-refractivity contribution in [2.75, 3.05) is 6.54 Å². The average molecular weight is 156 g/mol. The molecule has 5 heteroatoms. The van der Waals surface area contributed by atoms with E-state index in [1.54, 1.807) is 0 Å². The fraction of sp³-hybridized carbons (Fsp3) is 0.500. The zero-order valence-corrected chi connectivity index (χ0v) is 6.72. The summed E-state index contributed by atoms with van der Waals surface area (Å²) in [5.74, 6) is -0.968. The summed E-state index contributed by atoms with van der Waals surface area (Å²) >= 11 is 0. The first-order valence-corrected chi connectivity index (χ1v) is 1.19. The zero-order valence-electron chi connectivity index (χ0n) is 3.76. The van der Waals surface area contributed by atoms with Gasteiger partial charge >= 0.3 is 25.4 Å². The van der Waals surface area contributed by atoms with Crippen LogP contribution < -0.4 is 5.73 Å². The molecule has 0 radical (unpaired) electrons. The monoisotopic (exact) mass is 155 g/mol. The SMILES string of the molecule is NCC(=O)O.[O-2].[Zn+2]. The van der Waals surface area contributed by atoms with E-state index in [0.717, 1.165) is 0 Å². The van der Waals surface area contributed by atoms with Gasteiger partial charge in [-0.1, -0.05) is 0 Å². The number of hydrogen-bond donors (Lipinski definition) is 2. The molecule has 0 unspecified atom stereocenters. The molecule has 0 aromatic rings. The van der Waals surface area contributed by atoms with Crippen LogP contribution in [0.3, 0.4) is 0 Å². The summed E-state index contributed by atoms with van der Waals surface area (Å²) in [5, 5.41) is 7.60. The third-order valence-electron chi connectivity index (χ3n) is 0.175. The molecular weight excluding hydrogens is 151 g/mol. The molecule has 0 aliphatic heterocycles. The van der Waals surface area contributed by atoms with Gasteiger partial charge in [0.05, 0.1) is 6.54 Å². The van der Waals surface area contributed by atoms with Crippen molar-refractivity contribution in [3.63, 3.8) is 0 Å². The van der Waals surface area contributed by atoms with E-state index in [1.165, 1.54) is 0 Å². The number of nitrogens with two attached hydrogens (primary N) is 1. The van der Waals surface area contributed by atoms with Crippen LogP contribution in [-0.2, 0) is 29.7 Å². The Morgan fingerprint density at radius 2 is 1.86 bits per heavy atom. The smallest absolute Gasteiger partial charge is 2.00 e. The Bertz CT molecular complexity index is 48.2. The maximum Gasteiger partial charge on any atom is 2.00 e. The minimum Gasteiger partial charge on any atom is -2.00 e. The molecule has 0 aliphatic carbocycles. The van der Waals surface area contributed by atoms with Gasteiger partial charge < -0.3 is 16.3 Å². The van der Waals surface area contributed by atoms with E-state index in [2.05, 4.69) is 5.73 Å². The first kappa shape index (κ1) is 15.7. The van der Waals surface area contributed by atoms with Crippen LogP contribution in [0.4, 0.5) is 0 Å². The second-order valence-electron chi connectivity index (χ2n) is 0.598. The van der Waals surface area contributed by atoms with Gasteiger partial charge in [-0.3, -0.25) is 4.79 Å². The van der Waals surface area contributed by atoms with Crippen LogP contribution in [0.25, 0.3) is 0 Å². The largest absolute Gasteiger partial charge is 2.00 e. The van der Waals surface area contributed by atoms with E-state index >= 15 is 0 Å². The van der Waals surface area contributed by atoms with Crippen molar-refractivity contribution in [1.82, 2.24) is 0 Å². The van der Waals surface area contributed by atoms with Crippen LogP contribution in [0.5, 0.6) is 0 Å². The maximum atomic E-state index is 9.24. The van der Waals surface area contributed by atoms with E-state index in [1.807, 2.05) is 0 Å². The Labute approximate surface area is 53.8 Å². The molecule has 0 atom stereocenters. The van der Waals surface area contributed by atoms with Crippen LogP contribution in [0.1, 0.15) is 0 Å².